The Hall–Kier alpha value is -1.05. The molecule has 0 atom stereocenters. The molecule has 11 heavy (non-hydrogen) atoms. The predicted molar refractivity (Wildman–Crippen MR) is 45.4 cm³/mol. The Kier molecular flexibility index (Phi) is 5.17. The van der Waals surface area contributed by atoms with E-state index in [2.05, 4.69) is 6.58 Å². The zero-order valence-electron chi connectivity index (χ0n) is 6.84. The van der Waals surface area contributed by atoms with Gasteiger partial charge in [0.1, 0.15) is 0 Å². The van der Waals surface area contributed by atoms with Gasteiger partial charge in [-0.15, -0.1) is 6.58 Å². The van der Waals surface area contributed by atoms with Crippen LogP contribution in [0, 0.1) is 0 Å². The van der Waals surface area contributed by atoms with E-state index in [1.807, 2.05) is 13.0 Å². The molecule has 1 N–H and O–H groups in total. The number of carbonyl (C=O) groups is 1. The summed E-state index contributed by atoms with van der Waals surface area (Å²) in [6.07, 6.45) is 5.87. The topological polar surface area (TPSA) is 37.3 Å². The lowest BCUT2D eigenvalue weighted by Crippen LogP contribution is -1.89. The van der Waals surface area contributed by atoms with Gasteiger partial charge in [0.25, 0.3) is 0 Å². The Morgan fingerprint density at radius 3 is 2.73 bits per heavy atom. The first kappa shape index (κ1) is 9.95. The second-order valence-electron chi connectivity index (χ2n) is 2.51. The standard InChI is InChI=1S/C9H14O2/c1-3-4-5-6-8(2)7-9(10)11/h3,7H,1,4-6H2,2H3,(H,10,11)/b8-7+. The fraction of sp³-hybridized carbons (Fsp3) is 0.444. The predicted octanol–water partition coefficient (Wildman–Crippen LogP) is 2.37. The molecule has 0 spiro atoms. The summed E-state index contributed by atoms with van der Waals surface area (Å²) in [4.78, 5) is 10.1. The summed E-state index contributed by atoms with van der Waals surface area (Å²) < 4.78 is 0. The third-order valence-corrected chi connectivity index (χ3v) is 1.35. The quantitative estimate of drug-likeness (QED) is 0.375. The van der Waals surface area contributed by atoms with Crippen molar-refractivity contribution in [2.75, 3.05) is 0 Å². The molecule has 0 aliphatic carbocycles. The lowest BCUT2D eigenvalue weighted by molar-refractivity contribution is -0.131. The van der Waals surface area contributed by atoms with Crippen LogP contribution in [0.25, 0.3) is 0 Å². The van der Waals surface area contributed by atoms with Crippen LogP contribution in [0.2, 0.25) is 0 Å². The van der Waals surface area contributed by atoms with Crippen molar-refractivity contribution in [2.45, 2.75) is 26.2 Å². The van der Waals surface area contributed by atoms with Crippen LogP contribution in [0.15, 0.2) is 24.3 Å². The maximum absolute atomic E-state index is 10.1. The highest BCUT2D eigenvalue weighted by Gasteiger charge is 1.92. The van der Waals surface area contributed by atoms with Crippen molar-refractivity contribution >= 4 is 5.97 Å². The molecule has 0 aliphatic rings. The van der Waals surface area contributed by atoms with Crippen LogP contribution in [0.4, 0.5) is 0 Å². The Balaban J connectivity index is 3.59. The summed E-state index contributed by atoms with van der Waals surface area (Å²) in [7, 11) is 0. The van der Waals surface area contributed by atoms with Crippen LogP contribution in [-0.4, -0.2) is 11.1 Å². The molecule has 0 saturated carbocycles. The average molecular weight is 154 g/mol. The van der Waals surface area contributed by atoms with E-state index in [0.717, 1.165) is 24.8 Å². The van der Waals surface area contributed by atoms with Crippen molar-refractivity contribution in [3.8, 4) is 0 Å². The van der Waals surface area contributed by atoms with E-state index in [1.54, 1.807) is 0 Å². The molecule has 0 aromatic carbocycles. The van der Waals surface area contributed by atoms with Gasteiger partial charge in [-0.3, -0.25) is 0 Å². The molecule has 0 aromatic heterocycles. The van der Waals surface area contributed by atoms with E-state index in [9.17, 15) is 4.79 Å². The van der Waals surface area contributed by atoms with E-state index in [0.29, 0.717) is 0 Å². The molecule has 0 aromatic rings. The molecule has 62 valence electrons. The smallest absolute Gasteiger partial charge is 0.328 e. The Bertz CT molecular complexity index is 168. The summed E-state index contributed by atoms with van der Waals surface area (Å²) in [6.45, 7) is 5.41. The van der Waals surface area contributed by atoms with Gasteiger partial charge in [-0.25, -0.2) is 4.79 Å². The third kappa shape index (κ3) is 6.84. The molecule has 0 aliphatic heterocycles. The Labute approximate surface area is 67.2 Å². The van der Waals surface area contributed by atoms with Crippen molar-refractivity contribution in [1.82, 2.24) is 0 Å². The van der Waals surface area contributed by atoms with Crippen molar-refractivity contribution in [2.24, 2.45) is 0 Å². The number of rotatable bonds is 5. The Morgan fingerprint density at radius 1 is 1.64 bits per heavy atom. The minimum absolute atomic E-state index is 0.846. The van der Waals surface area contributed by atoms with Crippen LogP contribution in [0.1, 0.15) is 26.2 Å². The van der Waals surface area contributed by atoms with Gasteiger partial charge in [-0.2, -0.15) is 0 Å². The maximum Gasteiger partial charge on any atom is 0.328 e. The van der Waals surface area contributed by atoms with E-state index in [4.69, 9.17) is 5.11 Å². The monoisotopic (exact) mass is 154 g/mol. The number of hydrogen-bond donors (Lipinski definition) is 1. The molecule has 2 nitrogen and oxygen atoms in total. The lowest BCUT2D eigenvalue weighted by Gasteiger charge is -1.96. The van der Waals surface area contributed by atoms with Crippen molar-refractivity contribution < 1.29 is 9.90 Å². The van der Waals surface area contributed by atoms with Crippen LogP contribution in [0.3, 0.4) is 0 Å². The molecule has 0 fully saturated rings. The second-order valence-corrected chi connectivity index (χ2v) is 2.51. The van der Waals surface area contributed by atoms with Gasteiger partial charge in [-0.1, -0.05) is 11.6 Å². The van der Waals surface area contributed by atoms with Crippen molar-refractivity contribution in [3.63, 3.8) is 0 Å². The van der Waals surface area contributed by atoms with Gasteiger partial charge >= 0.3 is 5.97 Å². The molecule has 0 radical (unpaired) electrons. The zero-order valence-corrected chi connectivity index (χ0v) is 6.84. The van der Waals surface area contributed by atoms with Gasteiger partial charge in [0.15, 0.2) is 0 Å². The number of allylic oxidation sites excluding steroid dienone is 2. The zero-order chi connectivity index (χ0) is 8.69. The van der Waals surface area contributed by atoms with Crippen LogP contribution in [0.5, 0.6) is 0 Å². The van der Waals surface area contributed by atoms with E-state index in [1.165, 1.54) is 6.08 Å². The molecule has 2 heteroatoms. The minimum atomic E-state index is -0.860. The van der Waals surface area contributed by atoms with Gasteiger partial charge in [0, 0.05) is 6.08 Å². The first-order valence-electron chi connectivity index (χ1n) is 3.68. The molecule has 0 saturated heterocycles. The normalized spacial score (nSPS) is 11.2. The molecular weight excluding hydrogens is 140 g/mol. The third-order valence-electron chi connectivity index (χ3n) is 1.35. The molecule has 0 unspecified atom stereocenters. The molecule has 0 heterocycles. The summed E-state index contributed by atoms with van der Waals surface area (Å²) in [6, 6.07) is 0. The molecule has 0 bridgehead atoms. The number of aliphatic carboxylic acids is 1. The van der Waals surface area contributed by atoms with Crippen LogP contribution >= 0.6 is 0 Å². The lowest BCUT2D eigenvalue weighted by atomic mass is 10.1. The number of hydrogen-bond acceptors (Lipinski definition) is 1. The minimum Gasteiger partial charge on any atom is -0.478 e. The largest absolute Gasteiger partial charge is 0.478 e. The summed E-state index contributed by atoms with van der Waals surface area (Å²) in [5, 5.41) is 8.34. The van der Waals surface area contributed by atoms with Gasteiger partial charge < -0.3 is 5.11 Å². The summed E-state index contributed by atoms with van der Waals surface area (Å²) >= 11 is 0. The fourth-order valence-corrected chi connectivity index (χ4v) is 0.808. The number of carboxylic acids is 1. The van der Waals surface area contributed by atoms with Gasteiger partial charge in [0.05, 0.1) is 0 Å². The second kappa shape index (κ2) is 5.71. The Morgan fingerprint density at radius 2 is 2.27 bits per heavy atom. The molecule has 0 amide bonds. The van der Waals surface area contributed by atoms with E-state index >= 15 is 0 Å². The number of carboxylic acid groups (broad SMARTS) is 1. The maximum atomic E-state index is 10.1. The SMILES string of the molecule is C=CCCC/C(C)=C/C(=O)O. The average Bonchev–Trinajstić information content (AvgIpc) is 1.86. The highest BCUT2D eigenvalue weighted by atomic mass is 16.4. The summed E-state index contributed by atoms with van der Waals surface area (Å²) in [5.74, 6) is -0.860. The van der Waals surface area contributed by atoms with Crippen LogP contribution in [-0.2, 0) is 4.79 Å². The van der Waals surface area contributed by atoms with Crippen molar-refractivity contribution in [3.05, 3.63) is 24.3 Å². The first-order valence-corrected chi connectivity index (χ1v) is 3.68. The highest BCUT2D eigenvalue weighted by Crippen LogP contribution is 2.05. The molecular formula is C9H14O2. The summed E-state index contributed by atoms with van der Waals surface area (Å²) in [5.41, 5.74) is 0.916. The highest BCUT2D eigenvalue weighted by molar-refractivity contribution is 5.80. The fourth-order valence-electron chi connectivity index (χ4n) is 0.808. The van der Waals surface area contributed by atoms with Crippen molar-refractivity contribution in [1.29, 1.82) is 0 Å². The number of unbranched alkanes of at least 4 members (excludes halogenated alkanes) is 1. The van der Waals surface area contributed by atoms with Gasteiger partial charge in [-0.05, 0) is 26.2 Å². The van der Waals surface area contributed by atoms with Crippen LogP contribution < -0.4 is 0 Å². The van der Waals surface area contributed by atoms with E-state index < -0.39 is 5.97 Å². The molecule has 0 rings (SSSR count). The van der Waals surface area contributed by atoms with Gasteiger partial charge in [0.2, 0.25) is 0 Å². The van der Waals surface area contributed by atoms with E-state index in [-0.39, 0.29) is 0 Å². The first-order chi connectivity index (χ1) is 5.16.